The standard InChI is InChI=1S/C22H25N3O2.C4H4O4/c1-24-11-9-15(10-12-24)20-14-25(23)21-8-5-17(13-19(20)21)22(26)16-3-6-18(27-2)7-4-16;5-3(6)1-2-4(7)8/h3-8,13-15H,9-12,23H2,1-2H3;1-2H,(H,5,6)(H,7,8). The molecule has 184 valence electrons. The summed E-state index contributed by atoms with van der Waals surface area (Å²) in [5.41, 5.74) is 3.57. The van der Waals surface area contributed by atoms with Gasteiger partial charge in [-0.2, -0.15) is 0 Å². The number of carboxylic acid groups (broad SMARTS) is 2. The van der Waals surface area contributed by atoms with E-state index in [1.165, 1.54) is 5.56 Å². The van der Waals surface area contributed by atoms with Crippen LogP contribution in [0.5, 0.6) is 5.75 Å². The number of likely N-dealkylation sites (tertiary alicyclic amines) is 1. The van der Waals surface area contributed by atoms with E-state index in [4.69, 9.17) is 20.8 Å². The first-order valence-corrected chi connectivity index (χ1v) is 11.1. The van der Waals surface area contributed by atoms with Crippen LogP contribution < -0.4 is 10.6 Å². The highest BCUT2D eigenvalue weighted by Gasteiger charge is 2.23. The number of ketones is 1. The Morgan fingerprint density at radius 1 is 0.971 bits per heavy atom. The maximum Gasteiger partial charge on any atom is 0.328 e. The lowest BCUT2D eigenvalue weighted by molar-refractivity contribution is -0.134. The zero-order valence-corrected chi connectivity index (χ0v) is 19.7. The van der Waals surface area contributed by atoms with E-state index in [2.05, 4.69) is 11.9 Å². The van der Waals surface area contributed by atoms with Gasteiger partial charge in [-0.1, -0.05) is 0 Å². The van der Waals surface area contributed by atoms with Crippen LogP contribution in [0, 0.1) is 0 Å². The summed E-state index contributed by atoms with van der Waals surface area (Å²) >= 11 is 0. The van der Waals surface area contributed by atoms with Crippen molar-refractivity contribution >= 4 is 28.6 Å². The van der Waals surface area contributed by atoms with Gasteiger partial charge in [-0.3, -0.25) is 9.47 Å². The van der Waals surface area contributed by atoms with E-state index >= 15 is 0 Å². The molecule has 0 radical (unpaired) electrons. The molecule has 0 unspecified atom stereocenters. The topological polar surface area (TPSA) is 135 Å². The van der Waals surface area contributed by atoms with Gasteiger partial charge in [0.2, 0.25) is 0 Å². The van der Waals surface area contributed by atoms with Gasteiger partial charge >= 0.3 is 11.9 Å². The van der Waals surface area contributed by atoms with Crippen molar-refractivity contribution in [2.24, 2.45) is 0 Å². The van der Waals surface area contributed by atoms with E-state index in [0.717, 1.165) is 42.6 Å². The zero-order chi connectivity index (χ0) is 25.5. The van der Waals surface area contributed by atoms with Gasteiger partial charge in [0, 0.05) is 34.9 Å². The number of rotatable bonds is 6. The Morgan fingerprint density at radius 2 is 1.54 bits per heavy atom. The smallest absolute Gasteiger partial charge is 0.328 e. The van der Waals surface area contributed by atoms with Crippen LogP contribution in [0.15, 0.2) is 60.8 Å². The molecule has 35 heavy (non-hydrogen) atoms. The van der Waals surface area contributed by atoms with Crippen LogP contribution in [0.25, 0.3) is 10.9 Å². The Morgan fingerprint density at radius 3 is 2.09 bits per heavy atom. The number of ether oxygens (including phenoxy) is 1. The second kappa shape index (κ2) is 11.3. The third-order valence-electron chi connectivity index (χ3n) is 6.01. The zero-order valence-electron chi connectivity index (χ0n) is 19.7. The minimum Gasteiger partial charge on any atom is -0.497 e. The molecule has 0 aliphatic carbocycles. The molecule has 0 amide bonds. The fourth-order valence-corrected chi connectivity index (χ4v) is 4.12. The van der Waals surface area contributed by atoms with Gasteiger partial charge in [0.15, 0.2) is 5.78 Å². The summed E-state index contributed by atoms with van der Waals surface area (Å²) in [5.74, 6) is 4.91. The van der Waals surface area contributed by atoms with Crippen LogP contribution in [0.3, 0.4) is 0 Å². The van der Waals surface area contributed by atoms with Crippen LogP contribution >= 0.6 is 0 Å². The van der Waals surface area contributed by atoms with Crippen molar-refractivity contribution in [1.29, 1.82) is 0 Å². The number of nitrogens with two attached hydrogens (primary N) is 1. The maximum absolute atomic E-state index is 12.9. The summed E-state index contributed by atoms with van der Waals surface area (Å²) in [6.45, 7) is 2.18. The van der Waals surface area contributed by atoms with Gasteiger partial charge in [-0.15, -0.1) is 0 Å². The summed E-state index contributed by atoms with van der Waals surface area (Å²) in [6.07, 6.45) is 5.38. The lowest BCUT2D eigenvalue weighted by Crippen LogP contribution is -2.29. The van der Waals surface area contributed by atoms with Gasteiger partial charge in [-0.25, -0.2) is 9.59 Å². The number of piperidine rings is 1. The fourth-order valence-electron chi connectivity index (χ4n) is 4.12. The molecule has 0 spiro atoms. The summed E-state index contributed by atoms with van der Waals surface area (Å²) in [5, 5.41) is 16.7. The van der Waals surface area contributed by atoms with Crippen LogP contribution in [0.4, 0.5) is 0 Å². The molecule has 2 aromatic carbocycles. The highest BCUT2D eigenvalue weighted by molar-refractivity contribution is 6.10. The predicted molar refractivity (Wildman–Crippen MR) is 132 cm³/mol. The SMILES string of the molecule is COc1ccc(C(=O)c2ccc3c(c2)c(C2CCN(C)CC2)cn3N)cc1.O=C(O)C=CC(=O)O. The first-order chi connectivity index (χ1) is 16.7. The van der Waals surface area contributed by atoms with Gasteiger partial charge in [-0.05, 0) is 86.9 Å². The van der Waals surface area contributed by atoms with Crippen LogP contribution in [-0.4, -0.2) is 64.8 Å². The van der Waals surface area contributed by atoms with Crippen LogP contribution in [-0.2, 0) is 9.59 Å². The van der Waals surface area contributed by atoms with Crippen molar-refractivity contribution in [3.8, 4) is 5.75 Å². The lowest BCUT2D eigenvalue weighted by atomic mass is 9.88. The molecular weight excluding hydrogens is 450 g/mol. The number of aliphatic carboxylic acids is 2. The number of carboxylic acids is 2. The maximum atomic E-state index is 12.9. The molecule has 1 aliphatic heterocycles. The molecule has 0 atom stereocenters. The van der Waals surface area contributed by atoms with Gasteiger partial charge in [0.25, 0.3) is 0 Å². The third-order valence-corrected chi connectivity index (χ3v) is 6.01. The van der Waals surface area contributed by atoms with Crippen molar-refractivity contribution < 1.29 is 29.3 Å². The number of hydrogen-bond acceptors (Lipinski definition) is 6. The van der Waals surface area contributed by atoms with Gasteiger partial charge in [0.1, 0.15) is 5.75 Å². The van der Waals surface area contributed by atoms with Crippen molar-refractivity contribution in [3.63, 3.8) is 0 Å². The van der Waals surface area contributed by atoms with Crippen LogP contribution in [0.2, 0.25) is 0 Å². The van der Waals surface area contributed by atoms with E-state index < -0.39 is 11.9 Å². The molecule has 1 saturated heterocycles. The molecule has 1 fully saturated rings. The molecule has 0 bridgehead atoms. The lowest BCUT2D eigenvalue weighted by Gasteiger charge is -2.28. The minimum atomic E-state index is -1.26. The van der Waals surface area contributed by atoms with Crippen molar-refractivity contribution in [1.82, 2.24) is 9.58 Å². The average Bonchev–Trinajstić information content (AvgIpc) is 3.19. The monoisotopic (exact) mass is 479 g/mol. The Balaban J connectivity index is 0.000000371. The first-order valence-electron chi connectivity index (χ1n) is 11.1. The number of hydrogen-bond donors (Lipinski definition) is 3. The summed E-state index contributed by atoms with van der Waals surface area (Å²) in [7, 11) is 3.78. The predicted octanol–water partition coefficient (Wildman–Crippen LogP) is 3.12. The van der Waals surface area contributed by atoms with E-state index in [0.29, 0.717) is 29.2 Å². The van der Waals surface area contributed by atoms with Crippen LogP contribution in [0.1, 0.15) is 40.2 Å². The van der Waals surface area contributed by atoms with E-state index in [-0.39, 0.29) is 5.78 Å². The second-order valence-corrected chi connectivity index (χ2v) is 8.37. The summed E-state index contributed by atoms with van der Waals surface area (Å²) in [4.78, 5) is 34.4. The second-order valence-electron chi connectivity index (χ2n) is 8.37. The molecule has 9 nitrogen and oxygen atoms in total. The number of nitrogen functional groups attached to an aromatic ring is 1. The largest absolute Gasteiger partial charge is 0.497 e. The molecular formula is C26H29N3O6. The fraction of sp³-hybridized carbons (Fsp3) is 0.269. The normalized spacial score (nSPS) is 14.5. The van der Waals surface area contributed by atoms with Gasteiger partial charge < -0.3 is 25.7 Å². The number of aromatic nitrogens is 1. The quantitative estimate of drug-likeness (QED) is 0.279. The number of carbonyl (C=O) groups excluding carboxylic acids is 1. The number of nitrogens with zero attached hydrogens (tertiary/aromatic N) is 2. The Kier molecular flexibility index (Phi) is 8.27. The highest BCUT2D eigenvalue weighted by Crippen LogP contribution is 2.34. The Bertz CT molecular complexity index is 1220. The molecule has 4 rings (SSSR count). The average molecular weight is 480 g/mol. The molecule has 4 N–H and O–H groups in total. The Labute approximate surface area is 203 Å². The summed E-state index contributed by atoms with van der Waals surface area (Å²) in [6, 6.07) is 13.0. The first kappa shape index (κ1) is 25.5. The molecule has 9 heteroatoms. The Hall–Kier alpha value is -4.11. The number of fused-ring (bicyclic) bond motifs is 1. The molecule has 2 heterocycles. The summed E-state index contributed by atoms with van der Waals surface area (Å²) < 4.78 is 6.86. The van der Waals surface area contributed by atoms with Gasteiger partial charge in [0.05, 0.1) is 12.6 Å². The van der Waals surface area contributed by atoms with Crippen molar-refractivity contribution in [2.45, 2.75) is 18.8 Å². The number of carbonyl (C=O) groups is 3. The highest BCUT2D eigenvalue weighted by atomic mass is 16.5. The molecule has 1 aromatic heterocycles. The number of methoxy groups -OCH3 is 1. The van der Waals surface area contributed by atoms with E-state index in [1.54, 1.807) is 23.9 Å². The van der Waals surface area contributed by atoms with E-state index in [1.807, 2.05) is 36.5 Å². The minimum absolute atomic E-state index is 0.0126. The van der Waals surface area contributed by atoms with Crippen molar-refractivity contribution in [2.75, 3.05) is 33.1 Å². The number of benzene rings is 2. The molecule has 3 aromatic rings. The van der Waals surface area contributed by atoms with Crippen molar-refractivity contribution in [3.05, 3.63) is 77.5 Å². The molecule has 1 aliphatic rings. The van der Waals surface area contributed by atoms with E-state index in [9.17, 15) is 14.4 Å². The molecule has 0 saturated carbocycles. The third kappa shape index (κ3) is 6.48.